The molecule has 9 heteroatoms. The number of amides is 1. The number of carbonyl (C=O) groups excluding carboxylic acids is 1. The van der Waals surface area contributed by atoms with Crippen LogP contribution in [-0.4, -0.2) is 35.9 Å². The van der Waals surface area contributed by atoms with Gasteiger partial charge in [-0.2, -0.15) is 0 Å². The zero-order valence-corrected chi connectivity index (χ0v) is 18.4. The molecule has 0 aliphatic rings. The van der Waals surface area contributed by atoms with Gasteiger partial charge in [0.2, 0.25) is 11.9 Å². The van der Waals surface area contributed by atoms with Gasteiger partial charge < -0.3 is 0 Å². The molecule has 0 radical (unpaired) electrons. The zero-order valence-electron chi connectivity index (χ0n) is 16.9. The first-order chi connectivity index (χ1) is 15.0. The van der Waals surface area contributed by atoms with E-state index in [0.29, 0.717) is 16.0 Å². The molecular formula is C22H19ClN6OS. The molecule has 2 aromatic heterocycles. The standard InChI is InChI=1S/C22H19ClN6OS/c1-14-4-10-18(11-5-14)29-19(16-6-8-17(23)9-7-16)27-28-22(29)31-15(2)20(30)26-21-24-12-3-13-25-21/h3-13,15H,1-2H3,(H,24,25,26,30). The number of thioether (sulfide) groups is 1. The molecule has 0 spiro atoms. The maximum Gasteiger partial charge on any atom is 0.240 e. The average Bonchev–Trinajstić information content (AvgIpc) is 3.19. The third kappa shape index (κ3) is 4.92. The third-order valence-corrected chi connectivity index (χ3v) is 5.77. The van der Waals surface area contributed by atoms with Crippen molar-refractivity contribution in [1.29, 1.82) is 0 Å². The van der Waals surface area contributed by atoms with Crippen LogP contribution in [0.15, 0.2) is 72.1 Å². The van der Waals surface area contributed by atoms with E-state index in [4.69, 9.17) is 11.6 Å². The van der Waals surface area contributed by atoms with Crippen molar-refractivity contribution in [3.8, 4) is 17.1 Å². The predicted octanol–water partition coefficient (Wildman–Crippen LogP) is 4.81. The molecule has 0 saturated carbocycles. The molecule has 0 bridgehead atoms. The minimum Gasteiger partial charge on any atom is -0.294 e. The van der Waals surface area contributed by atoms with E-state index in [1.807, 2.05) is 60.0 Å². The molecule has 1 amide bonds. The van der Waals surface area contributed by atoms with Gasteiger partial charge in [0, 0.05) is 28.7 Å². The smallest absolute Gasteiger partial charge is 0.240 e. The summed E-state index contributed by atoms with van der Waals surface area (Å²) in [7, 11) is 0. The second-order valence-electron chi connectivity index (χ2n) is 6.81. The van der Waals surface area contributed by atoms with Crippen molar-refractivity contribution < 1.29 is 4.79 Å². The van der Waals surface area contributed by atoms with Gasteiger partial charge in [-0.15, -0.1) is 10.2 Å². The van der Waals surface area contributed by atoms with E-state index in [9.17, 15) is 4.79 Å². The van der Waals surface area contributed by atoms with E-state index in [0.717, 1.165) is 16.8 Å². The van der Waals surface area contributed by atoms with Gasteiger partial charge in [0.15, 0.2) is 11.0 Å². The second-order valence-corrected chi connectivity index (χ2v) is 8.55. The zero-order chi connectivity index (χ0) is 21.8. The Balaban J connectivity index is 1.66. The summed E-state index contributed by atoms with van der Waals surface area (Å²) in [5.74, 6) is 0.714. The SMILES string of the molecule is Cc1ccc(-n2c(SC(C)C(=O)Nc3ncccn3)nnc2-c2ccc(Cl)cc2)cc1. The molecular weight excluding hydrogens is 432 g/mol. The monoisotopic (exact) mass is 450 g/mol. The molecule has 31 heavy (non-hydrogen) atoms. The maximum absolute atomic E-state index is 12.6. The van der Waals surface area contributed by atoms with Crippen LogP contribution >= 0.6 is 23.4 Å². The Morgan fingerprint density at radius 3 is 2.39 bits per heavy atom. The van der Waals surface area contributed by atoms with E-state index in [1.54, 1.807) is 25.4 Å². The highest BCUT2D eigenvalue weighted by molar-refractivity contribution is 8.00. The van der Waals surface area contributed by atoms with Gasteiger partial charge in [-0.25, -0.2) is 9.97 Å². The van der Waals surface area contributed by atoms with Gasteiger partial charge >= 0.3 is 0 Å². The molecule has 2 heterocycles. The molecule has 0 fully saturated rings. The summed E-state index contributed by atoms with van der Waals surface area (Å²) in [6.07, 6.45) is 3.15. The quantitative estimate of drug-likeness (QED) is 0.424. The lowest BCUT2D eigenvalue weighted by molar-refractivity contribution is -0.115. The fourth-order valence-electron chi connectivity index (χ4n) is 2.85. The van der Waals surface area contributed by atoms with E-state index in [1.165, 1.54) is 11.8 Å². The largest absolute Gasteiger partial charge is 0.294 e. The molecule has 4 rings (SSSR count). The fraction of sp³-hybridized carbons (Fsp3) is 0.136. The van der Waals surface area contributed by atoms with E-state index in [-0.39, 0.29) is 11.9 Å². The van der Waals surface area contributed by atoms with Crippen LogP contribution in [0.1, 0.15) is 12.5 Å². The Bertz CT molecular complexity index is 1180. The molecule has 0 aliphatic carbocycles. The second kappa shape index (κ2) is 9.28. The summed E-state index contributed by atoms with van der Waals surface area (Å²) in [5.41, 5.74) is 2.93. The van der Waals surface area contributed by atoms with E-state index in [2.05, 4.69) is 25.5 Å². The number of anilines is 1. The summed E-state index contributed by atoms with van der Waals surface area (Å²) in [6, 6.07) is 17.2. The molecule has 1 atom stereocenters. The molecule has 4 aromatic rings. The highest BCUT2D eigenvalue weighted by Gasteiger charge is 2.22. The van der Waals surface area contributed by atoms with Gasteiger partial charge in [-0.05, 0) is 56.3 Å². The first-order valence-corrected chi connectivity index (χ1v) is 10.8. The number of benzene rings is 2. The summed E-state index contributed by atoms with van der Waals surface area (Å²) >= 11 is 7.36. The summed E-state index contributed by atoms with van der Waals surface area (Å²) < 4.78 is 1.94. The number of nitrogens with zero attached hydrogens (tertiary/aromatic N) is 5. The first-order valence-electron chi connectivity index (χ1n) is 9.54. The van der Waals surface area contributed by atoms with E-state index >= 15 is 0 Å². The number of aryl methyl sites for hydroxylation is 1. The summed E-state index contributed by atoms with van der Waals surface area (Å²) in [6.45, 7) is 3.84. The molecule has 1 N–H and O–H groups in total. The van der Waals surface area contributed by atoms with Crippen LogP contribution in [0.4, 0.5) is 5.95 Å². The lowest BCUT2D eigenvalue weighted by atomic mass is 10.2. The van der Waals surface area contributed by atoms with Crippen LogP contribution in [0.2, 0.25) is 5.02 Å². The van der Waals surface area contributed by atoms with Crippen LogP contribution in [-0.2, 0) is 4.79 Å². The fourth-order valence-corrected chi connectivity index (χ4v) is 3.84. The molecule has 2 aromatic carbocycles. The van der Waals surface area contributed by atoms with Gasteiger partial charge in [-0.3, -0.25) is 14.7 Å². The van der Waals surface area contributed by atoms with Crippen LogP contribution < -0.4 is 5.32 Å². The minimum absolute atomic E-state index is 0.220. The van der Waals surface area contributed by atoms with Crippen LogP contribution in [0.3, 0.4) is 0 Å². The normalized spacial score (nSPS) is 11.8. The van der Waals surface area contributed by atoms with Crippen LogP contribution in [0, 0.1) is 6.92 Å². The third-order valence-electron chi connectivity index (χ3n) is 4.48. The van der Waals surface area contributed by atoms with Crippen LogP contribution in [0.5, 0.6) is 0 Å². The highest BCUT2D eigenvalue weighted by atomic mass is 35.5. The lowest BCUT2D eigenvalue weighted by Crippen LogP contribution is -2.24. The molecule has 156 valence electrons. The number of hydrogen-bond donors (Lipinski definition) is 1. The Morgan fingerprint density at radius 1 is 1.03 bits per heavy atom. The summed E-state index contributed by atoms with van der Waals surface area (Å²) in [4.78, 5) is 20.7. The molecule has 7 nitrogen and oxygen atoms in total. The van der Waals surface area contributed by atoms with Gasteiger partial charge in [0.05, 0.1) is 5.25 Å². The number of rotatable bonds is 6. The van der Waals surface area contributed by atoms with E-state index < -0.39 is 5.25 Å². The number of nitrogens with one attached hydrogen (secondary N) is 1. The lowest BCUT2D eigenvalue weighted by Gasteiger charge is -2.14. The van der Waals surface area contributed by atoms with Gasteiger partial charge in [0.1, 0.15) is 0 Å². The average molecular weight is 451 g/mol. The van der Waals surface area contributed by atoms with Crippen molar-refractivity contribution in [1.82, 2.24) is 24.7 Å². The number of hydrogen-bond acceptors (Lipinski definition) is 6. The van der Waals surface area contributed by atoms with Crippen molar-refractivity contribution >= 4 is 35.2 Å². The van der Waals surface area contributed by atoms with Gasteiger partial charge in [-0.1, -0.05) is 41.1 Å². The van der Waals surface area contributed by atoms with Crippen LogP contribution in [0.25, 0.3) is 17.1 Å². The van der Waals surface area contributed by atoms with Crippen molar-refractivity contribution in [3.05, 3.63) is 77.6 Å². The van der Waals surface area contributed by atoms with Crippen molar-refractivity contribution in [3.63, 3.8) is 0 Å². The highest BCUT2D eigenvalue weighted by Crippen LogP contribution is 2.31. The predicted molar refractivity (Wildman–Crippen MR) is 123 cm³/mol. The van der Waals surface area contributed by atoms with Gasteiger partial charge in [0.25, 0.3) is 0 Å². The number of halogens is 1. The van der Waals surface area contributed by atoms with Crippen molar-refractivity contribution in [2.24, 2.45) is 0 Å². The van der Waals surface area contributed by atoms with Crippen molar-refractivity contribution in [2.45, 2.75) is 24.3 Å². The van der Waals surface area contributed by atoms with Crippen molar-refractivity contribution in [2.75, 3.05) is 5.32 Å². The molecule has 0 saturated heterocycles. The number of aromatic nitrogens is 5. The molecule has 0 aliphatic heterocycles. The molecule has 1 unspecified atom stereocenters. The minimum atomic E-state index is -0.449. The number of carbonyl (C=O) groups is 1. The summed E-state index contributed by atoms with van der Waals surface area (Å²) in [5, 5.41) is 12.3. The topological polar surface area (TPSA) is 85.6 Å². The Hall–Kier alpha value is -3.23. The maximum atomic E-state index is 12.6. The Kier molecular flexibility index (Phi) is 6.29. The Morgan fingerprint density at radius 2 is 1.71 bits per heavy atom. The first kappa shape index (κ1) is 21.0. The Labute approximate surface area is 188 Å².